The molecule has 0 spiro atoms. The predicted octanol–water partition coefficient (Wildman–Crippen LogP) is 1.12. The van der Waals surface area contributed by atoms with E-state index in [0.717, 1.165) is 3.57 Å². The van der Waals surface area contributed by atoms with Crippen molar-refractivity contribution >= 4 is 22.6 Å². The molecule has 2 nitrogen and oxygen atoms in total. The summed E-state index contributed by atoms with van der Waals surface area (Å²) in [7, 11) is 0. The zero-order chi connectivity index (χ0) is 6.69. The lowest BCUT2D eigenvalue weighted by Gasteiger charge is -1.87. The van der Waals surface area contributed by atoms with E-state index in [1.54, 1.807) is 10.9 Å². The maximum atomic E-state index is 5.06. The normalized spacial score (nSPS) is 8.89. The minimum Gasteiger partial charge on any atom is -0.260 e. The van der Waals surface area contributed by atoms with Gasteiger partial charge in [-0.2, -0.15) is 5.10 Å². The van der Waals surface area contributed by atoms with Crippen LogP contribution < -0.4 is 0 Å². The molecule has 0 unspecified atom stereocenters. The molecule has 1 aromatic rings. The summed E-state index contributed by atoms with van der Waals surface area (Å²) in [4.78, 5) is 0. The molecule has 1 aromatic heterocycles. The highest BCUT2D eigenvalue weighted by Crippen LogP contribution is 1.99. The fraction of sp³-hybridized carbons (Fsp3) is 0.167. The molecule has 3 heteroatoms. The van der Waals surface area contributed by atoms with E-state index in [1.807, 2.05) is 6.20 Å². The Bertz CT molecular complexity index is 233. The van der Waals surface area contributed by atoms with Crippen molar-refractivity contribution in [3.05, 3.63) is 16.0 Å². The summed E-state index contributed by atoms with van der Waals surface area (Å²) in [6.07, 6.45) is 8.74. The highest BCUT2D eigenvalue weighted by Gasteiger charge is 1.89. The Kier molecular flexibility index (Phi) is 2.11. The molecule has 0 amide bonds. The first kappa shape index (κ1) is 6.62. The molecule has 0 saturated heterocycles. The van der Waals surface area contributed by atoms with Gasteiger partial charge in [0.2, 0.25) is 0 Å². The van der Waals surface area contributed by atoms with Crippen LogP contribution in [0.15, 0.2) is 12.4 Å². The van der Waals surface area contributed by atoms with Crippen molar-refractivity contribution in [1.29, 1.82) is 0 Å². The standard InChI is InChI=1S/C6H5IN2/c1-2-3-9-5-6(7)4-8-9/h1,4-5H,3H2. The maximum absolute atomic E-state index is 5.06. The molecule has 46 valence electrons. The van der Waals surface area contributed by atoms with Gasteiger partial charge in [0.15, 0.2) is 0 Å². The maximum Gasteiger partial charge on any atom is 0.101 e. The minimum absolute atomic E-state index is 0.559. The van der Waals surface area contributed by atoms with Gasteiger partial charge < -0.3 is 0 Å². The summed E-state index contributed by atoms with van der Waals surface area (Å²) in [6.45, 7) is 0.559. The number of hydrogen-bond acceptors (Lipinski definition) is 1. The molecule has 0 aliphatic carbocycles. The first-order valence-electron chi connectivity index (χ1n) is 2.44. The average Bonchev–Trinajstić information content (AvgIpc) is 2.17. The lowest BCUT2D eigenvalue weighted by molar-refractivity contribution is 0.715. The second kappa shape index (κ2) is 2.87. The number of aromatic nitrogens is 2. The van der Waals surface area contributed by atoms with Crippen LogP contribution >= 0.6 is 22.6 Å². The third kappa shape index (κ3) is 1.72. The van der Waals surface area contributed by atoms with Crippen molar-refractivity contribution in [2.75, 3.05) is 0 Å². The quantitative estimate of drug-likeness (QED) is 0.524. The first-order chi connectivity index (χ1) is 4.33. The van der Waals surface area contributed by atoms with E-state index < -0.39 is 0 Å². The SMILES string of the molecule is C#CCn1cc(I)cn1. The van der Waals surface area contributed by atoms with Gasteiger partial charge in [-0.25, -0.2) is 0 Å². The van der Waals surface area contributed by atoms with E-state index in [2.05, 4.69) is 33.6 Å². The molecule has 1 heterocycles. The van der Waals surface area contributed by atoms with E-state index in [1.165, 1.54) is 0 Å². The van der Waals surface area contributed by atoms with Crippen LogP contribution in [0.4, 0.5) is 0 Å². The van der Waals surface area contributed by atoms with E-state index in [4.69, 9.17) is 6.42 Å². The van der Waals surface area contributed by atoms with Gasteiger partial charge in [-0.15, -0.1) is 6.42 Å². The Morgan fingerprint density at radius 3 is 3.11 bits per heavy atom. The van der Waals surface area contributed by atoms with Crippen LogP contribution in [-0.4, -0.2) is 9.78 Å². The van der Waals surface area contributed by atoms with Gasteiger partial charge in [0.05, 0.1) is 9.77 Å². The average molecular weight is 232 g/mol. The van der Waals surface area contributed by atoms with Crippen LogP contribution in [0.3, 0.4) is 0 Å². The molecule has 0 aromatic carbocycles. The van der Waals surface area contributed by atoms with Gasteiger partial charge in [-0.05, 0) is 22.6 Å². The molecule has 9 heavy (non-hydrogen) atoms. The third-order valence-corrected chi connectivity index (χ3v) is 1.41. The number of rotatable bonds is 1. The second-order valence-corrected chi connectivity index (χ2v) is 2.81. The predicted molar refractivity (Wildman–Crippen MR) is 43.8 cm³/mol. The van der Waals surface area contributed by atoms with Gasteiger partial charge >= 0.3 is 0 Å². The van der Waals surface area contributed by atoms with Crippen LogP contribution in [0.1, 0.15) is 0 Å². The van der Waals surface area contributed by atoms with Gasteiger partial charge in [-0.3, -0.25) is 4.68 Å². The Hall–Kier alpha value is -0.500. The van der Waals surface area contributed by atoms with Crippen molar-refractivity contribution in [3.63, 3.8) is 0 Å². The first-order valence-corrected chi connectivity index (χ1v) is 3.52. The molecule has 1 rings (SSSR count). The van der Waals surface area contributed by atoms with Crippen molar-refractivity contribution in [1.82, 2.24) is 9.78 Å². The monoisotopic (exact) mass is 232 g/mol. The number of terminal acetylenes is 1. The molecule has 0 fully saturated rings. The molecule has 0 N–H and O–H groups in total. The molecule has 0 atom stereocenters. The smallest absolute Gasteiger partial charge is 0.101 e. The molecule has 0 saturated carbocycles. The molecular weight excluding hydrogens is 227 g/mol. The summed E-state index contributed by atoms with van der Waals surface area (Å²) in [5, 5.41) is 3.97. The largest absolute Gasteiger partial charge is 0.260 e. The van der Waals surface area contributed by atoms with E-state index in [0.29, 0.717) is 6.54 Å². The summed E-state index contributed by atoms with van der Waals surface area (Å²) >= 11 is 2.19. The van der Waals surface area contributed by atoms with Crippen LogP contribution in [-0.2, 0) is 6.54 Å². The summed E-state index contributed by atoms with van der Waals surface area (Å²) < 4.78 is 2.84. The fourth-order valence-corrected chi connectivity index (χ4v) is 0.964. The summed E-state index contributed by atoms with van der Waals surface area (Å²) in [5.41, 5.74) is 0. The second-order valence-electron chi connectivity index (χ2n) is 1.56. The Morgan fingerprint density at radius 2 is 2.67 bits per heavy atom. The van der Waals surface area contributed by atoms with Crippen molar-refractivity contribution in [2.45, 2.75) is 6.54 Å². The highest BCUT2D eigenvalue weighted by atomic mass is 127. The summed E-state index contributed by atoms with van der Waals surface area (Å²) in [6, 6.07) is 0. The Labute approximate surface area is 67.4 Å². The highest BCUT2D eigenvalue weighted by molar-refractivity contribution is 14.1. The van der Waals surface area contributed by atoms with Crippen molar-refractivity contribution < 1.29 is 0 Å². The molecular formula is C6H5IN2. The number of nitrogens with zero attached hydrogens (tertiary/aromatic N) is 2. The zero-order valence-corrected chi connectivity index (χ0v) is 6.87. The molecule has 0 bridgehead atoms. The topological polar surface area (TPSA) is 17.8 Å². The Morgan fingerprint density at radius 1 is 1.89 bits per heavy atom. The lowest BCUT2D eigenvalue weighted by atomic mass is 10.7. The van der Waals surface area contributed by atoms with Crippen LogP contribution in [0.25, 0.3) is 0 Å². The number of halogens is 1. The molecule has 0 radical (unpaired) electrons. The van der Waals surface area contributed by atoms with E-state index in [-0.39, 0.29) is 0 Å². The van der Waals surface area contributed by atoms with Crippen LogP contribution in [0.2, 0.25) is 0 Å². The lowest BCUT2D eigenvalue weighted by Crippen LogP contribution is -1.93. The zero-order valence-electron chi connectivity index (χ0n) is 4.71. The van der Waals surface area contributed by atoms with Gasteiger partial charge in [-0.1, -0.05) is 5.92 Å². The van der Waals surface area contributed by atoms with Crippen LogP contribution in [0, 0.1) is 15.9 Å². The fourth-order valence-electron chi connectivity index (χ4n) is 0.518. The third-order valence-electron chi connectivity index (χ3n) is 0.855. The van der Waals surface area contributed by atoms with Gasteiger partial charge in [0.25, 0.3) is 0 Å². The molecule has 0 aliphatic heterocycles. The Balaban J connectivity index is 2.76. The van der Waals surface area contributed by atoms with Gasteiger partial charge in [0.1, 0.15) is 6.54 Å². The van der Waals surface area contributed by atoms with E-state index in [9.17, 15) is 0 Å². The summed E-state index contributed by atoms with van der Waals surface area (Å²) in [5.74, 6) is 2.49. The van der Waals surface area contributed by atoms with Gasteiger partial charge in [0, 0.05) is 6.20 Å². The number of hydrogen-bond donors (Lipinski definition) is 0. The van der Waals surface area contributed by atoms with Crippen LogP contribution in [0.5, 0.6) is 0 Å². The minimum atomic E-state index is 0.559. The van der Waals surface area contributed by atoms with E-state index >= 15 is 0 Å². The van der Waals surface area contributed by atoms with Crippen molar-refractivity contribution in [2.24, 2.45) is 0 Å². The van der Waals surface area contributed by atoms with Crippen molar-refractivity contribution in [3.8, 4) is 12.3 Å². The molecule has 0 aliphatic rings.